The van der Waals surface area contributed by atoms with E-state index in [-0.39, 0.29) is 18.4 Å². The fraction of sp³-hybridized carbons (Fsp3) is 0.222. The molecule has 0 saturated carbocycles. The first-order valence-corrected chi connectivity index (χ1v) is 8.11. The van der Waals surface area contributed by atoms with Crippen LogP contribution in [0.5, 0.6) is 0 Å². The average Bonchev–Trinajstić information content (AvgIpc) is 2.49. The molecule has 0 radical (unpaired) electrons. The maximum absolute atomic E-state index is 12.5. The van der Waals surface area contributed by atoms with Crippen molar-refractivity contribution in [2.24, 2.45) is 0 Å². The van der Waals surface area contributed by atoms with E-state index in [9.17, 15) is 9.59 Å². The van der Waals surface area contributed by atoms with Gasteiger partial charge in [-0.25, -0.2) is 0 Å². The lowest BCUT2D eigenvalue weighted by atomic mass is 10.1. The Morgan fingerprint density at radius 1 is 1.04 bits per heavy atom. The van der Waals surface area contributed by atoms with Crippen molar-refractivity contribution in [3.8, 4) is 0 Å². The van der Waals surface area contributed by atoms with Gasteiger partial charge in [-0.1, -0.05) is 46.5 Å². The molecule has 126 valence electrons. The van der Waals surface area contributed by atoms with Crippen LogP contribution >= 0.6 is 23.2 Å². The zero-order valence-electron chi connectivity index (χ0n) is 13.7. The predicted molar refractivity (Wildman–Crippen MR) is 98.0 cm³/mol. The zero-order valence-corrected chi connectivity index (χ0v) is 15.2. The van der Waals surface area contributed by atoms with Gasteiger partial charge in [0.2, 0.25) is 5.91 Å². The van der Waals surface area contributed by atoms with Crippen molar-refractivity contribution < 1.29 is 9.59 Å². The molecule has 0 aliphatic heterocycles. The molecule has 2 amide bonds. The lowest BCUT2D eigenvalue weighted by molar-refractivity contribution is -0.116. The van der Waals surface area contributed by atoms with Gasteiger partial charge in [0, 0.05) is 12.6 Å². The summed E-state index contributed by atoms with van der Waals surface area (Å²) in [6, 6.07) is 10.5. The van der Waals surface area contributed by atoms with E-state index in [4.69, 9.17) is 23.2 Å². The molecule has 0 fully saturated rings. The molecule has 0 heterocycles. The van der Waals surface area contributed by atoms with Gasteiger partial charge >= 0.3 is 0 Å². The molecule has 0 atom stereocenters. The zero-order chi connectivity index (χ0) is 17.9. The maximum atomic E-state index is 12.5. The number of nitrogens with zero attached hydrogens (tertiary/aromatic N) is 1. The second-order valence-electron chi connectivity index (χ2n) is 5.68. The minimum Gasteiger partial charge on any atom is -0.332 e. The summed E-state index contributed by atoms with van der Waals surface area (Å²) in [5.74, 6) is -0.590. The van der Waals surface area contributed by atoms with Gasteiger partial charge in [0.25, 0.3) is 5.91 Å². The lowest BCUT2D eigenvalue weighted by Crippen LogP contribution is -2.35. The Kier molecular flexibility index (Phi) is 5.86. The van der Waals surface area contributed by atoms with Crippen LogP contribution in [0.25, 0.3) is 0 Å². The summed E-state index contributed by atoms with van der Waals surface area (Å²) in [6.45, 7) is 3.75. The van der Waals surface area contributed by atoms with E-state index in [2.05, 4.69) is 5.32 Å². The van der Waals surface area contributed by atoms with Gasteiger partial charge < -0.3 is 10.2 Å². The third-order valence-electron chi connectivity index (χ3n) is 3.42. The number of anilines is 1. The maximum Gasteiger partial charge on any atom is 0.254 e. The highest BCUT2D eigenvalue weighted by Gasteiger charge is 2.17. The highest BCUT2D eigenvalue weighted by Crippen LogP contribution is 2.29. The number of aryl methyl sites for hydroxylation is 2. The minimum absolute atomic E-state index is 0.104. The van der Waals surface area contributed by atoms with E-state index in [1.54, 1.807) is 37.4 Å². The van der Waals surface area contributed by atoms with Crippen molar-refractivity contribution in [3.05, 3.63) is 63.1 Å². The van der Waals surface area contributed by atoms with Crippen molar-refractivity contribution in [3.63, 3.8) is 0 Å². The first kappa shape index (κ1) is 18.3. The van der Waals surface area contributed by atoms with Crippen LogP contribution in [-0.4, -0.2) is 30.3 Å². The molecule has 0 aliphatic rings. The van der Waals surface area contributed by atoms with Gasteiger partial charge in [-0.05, 0) is 38.1 Å². The topological polar surface area (TPSA) is 49.4 Å². The number of likely N-dealkylation sites (N-methyl/N-ethyl adjacent to an activating group) is 1. The van der Waals surface area contributed by atoms with Gasteiger partial charge in [-0.15, -0.1) is 0 Å². The Morgan fingerprint density at radius 3 is 2.12 bits per heavy atom. The molecule has 24 heavy (non-hydrogen) atoms. The van der Waals surface area contributed by atoms with Crippen LogP contribution in [-0.2, 0) is 4.79 Å². The van der Waals surface area contributed by atoms with Gasteiger partial charge in [-0.2, -0.15) is 0 Å². The molecule has 2 rings (SSSR count). The van der Waals surface area contributed by atoms with E-state index in [0.717, 1.165) is 11.1 Å². The number of benzene rings is 2. The smallest absolute Gasteiger partial charge is 0.254 e. The summed E-state index contributed by atoms with van der Waals surface area (Å²) in [7, 11) is 1.58. The number of amides is 2. The Bertz CT molecular complexity index is 750. The Labute approximate surface area is 151 Å². The molecular weight excluding hydrogens is 347 g/mol. The summed E-state index contributed by atoms with van der Waals surface area (Å²) in [5, 5.41) is 3.33. The SMILES string of the molecule is Cc1cc(C)cc(C(=O)N(C)CC(=O)Nc2c(Cl)cccc2Cl)c1. The molecule has 2 aromatic carbocycles. The third-order valence-corrected chi connectivity index (χ3v) is 4.05. The minimum atomic E-state index is -0.370. The van der Waals surface area contributed by atoms with E-state index in [1.807, 2.05) is 19.9 Å². The van der Waals surface area contributed by atoms with Crippen LogP contribution < -0.4 is 5.32 Å². The molecule has 6 heteroatoms. The monoisotopic (exact) mass is 364 g/mol. The van der Waals surface area contributed by atoms with Crippen molar-refractivity contribution in [1.29, 1.82) is 0 Å². The van der Waals surface area contributed by atoms with Crippen molar-refractivity contribution in [2.45, 2.75) is 13.8 Å². The quantitative estimate of drug-likeness (QED) is 0.877. The number of hydrogen-bond acceptors (Lipinski definition) is 2. The summed E-state index contributed by atoms with van der Waals surface area (Å²) < 4.78 is 0. The van der Waals surface area contributed by atoms with Crippen molar-refractivity contribution in [2.75, 3.05) is 18.9 Å². The van der Waals surface area contributed by atoms with Crippen LogP contribution in [0.4, 0.5) is 5.69 Å². The van der Waals surface area contributed by atoms with Gasteiger partial charge in [0.1, 0.15) is 0 Å². The summed E-state index contributed by atoms with van der Waals surface area (Å²) in [6.07, 6.45) is 0. The highest BCUT2D eigenvalue weighted by molar-refractivity contribution is 6.39. The van der Waals surface area contributed by atoms with Gasteiger partial charge in [0.15, 0.2) is 0 Å². The van der Waals surface area contributed by atoms with Gasteiger partial charge in [0.05, 0.1) is 22.3 Å². The van der Waals surface area contributed by atoms with Gasteiger partial charge in [-0.3, -0.25) is 9.59 Å². The van der Waals surface area contributed by atoms with Crippen molar-refractivity contribution >= 4 is 40.7 Å². The Hall–Kier alpha value is -2.04. The summed E-state index contributed by atoms with van der Waals surface area (Å²) in [4.78, 5) is 26.0. The summed E-state index contributed by atoms with van der Waals surface area (Å²) >= 11 is 12.0. The number of halogens is 2. The van der Waals surface area contributed by atoms with E-state index < -0.39 is 0 Å². The Morgan fingerprint density at radius 2 is 1.58 bits per heavy atom. The molecule has 0 saturated heterocycles. The molecular formula is C18H18Cl2N2O2. The molecule has 0 aliphatic carbocycles. The average molecular weight is 365 g/mol. The first-order valence-electron chi connectivity index (χ1n) is 7.35. The third kappa shape index (κ3) is 4.49. The molecule has 0 unspecified atom stereocenters. The van der Waals surface area contributed by atoms with E-state index >= 15 is 0 Å². The van der Waals surface area contributed by atoms with Crippen molar-refractivity contribution in [1.82, 2.24) is 4.90 Å². The molecule has 2 aromatic rings. The summed E-state index contributed by atoms with van der Waals surface area (Å²) in [5.41, 5.74) is 2.90. The fourth-order valence-corrected chi connectivity index (χ4v) is 2.89. The first-order chi connectivity index (χ1) is 11.3. The number of carbonyl (C=O) groups is 2. The van der Waals surface area contributed by atoms with Crippen LogP contribution in [0.1, 0.15) is 21.5 Å². The molecule has 1 N–H and O–H groups in total. The molecule has 0 aromatic heterocycles. The molecule has 0 spiro atoms. The second-order valence-corrected chi connectivity index (χ2v) is 6.50. The Balaban J connectivity index is 2.07. The lowest BCUT2D eigenvalue weighted by Gasteiger charge is -2.18. The van der Waals surface area contributed by atoms with Crippen LogP contribution in [0.15, 0.2) is 36.4 Å². The number of hydrogen-bond donors (Lipinski definition) is 1. The number of carbonyl (C=O) groups excluding carboxylic acids is 2. The van der Waals surface area contributed by atoms with E-state index in [0.29, 0.717) is 21.3 Å². The number of rotatable bonds is 4. The van der Waals surface area contributed by atoms with E-state index in [1.165, 1.54) is 4.90 Å². The van der Waals surface area contributed by atoms with Crippen LogP contribution in [0.2, 0.25) is 10.0 Å². The van der Waals surface area contributed by atoms with Crippen LogP contribution in [0, 0.1) is 13.8 Å². The number of nitrogens with one attached hydrogen (secondary N) is 1. The number of para-hydroxylation sites is 1. The second kappa shape index (κ2) is 7.69. The normalized spacial score (nSPS) is 10.4. The molecule has 4 nitrogen and oxygen atoms in total. The van der Waals surface area contributed by atoms with Crippen LogP contribution in [0.3, 0.4) is 0 Å². The highest BCUT2D eigenvalue weighted by atomic mass is 35.5. The predicted octanol–water partition coefficient (Wildman–Crippen LogP) is 4.32. The standard InChI is InChI=1S/C18H18Cl2N2O2/c1-11-7-12(2)9-13(8-11)18(24)22(3)10-16(23)21-17-14(19)5-4-6-15(17)20/h4-9H,10H2,1-3H3,(H,21,23). The largest absolute Gasteiger partial charge is 0.332 e. The molecule has 0 bridgehead atoms. The fourth-order valence-electron chi connectivity index (χ4n) is 2.40.